The molecule has 0 bridgehead atoms. The molecule has 3 nitrogen and oxygen atoms in total. The Kier molecular flexibility index (Phi) is 3.47. The van der Waals surface area contributed by atoms with E-state index in [0.717, 1.165) is 21.3 Å². The molecule has 0 unspecified atom stereocenters. The van der Waals surface area contributed by atoms with E-state index in [1.165, 1.54) is 0 Å². The number of carbonyl (C=O) groups is 1. The average molecular weight is 342 g/mol. The van der Waals surface area contributed by atoms with Crippen molar-refractivity contribution < 1.29 is 9.90 Å². The third-order valence-corrected chi connectivity index (χ3v) is 3.88. The Morgan fingerprint density at radius 2 is 1.86 bits per heavy atom. The van der Waals surface area contributed by atoms with E-state index in [-0.39, 0.29) is 5.56 Å². The van der Waals surface area contributed by atoms with Crippen molar-refractivity contribution in [2.75, 3.05) is 0 Å². The van der Waals surface area contributed by atoms with Crippen molar-refractivity contribution in [1.29, 1.82) is 0 Å². The Bertz CT molecular complexity index is 841. The van der Waals surface area contributed by atoms with Crippen molar-refractivity contribution in [3.63, 3.8) is 0 Å². The number of fused-ring (bicyclic) bond motifs is 1. The Hall–Kier alpha value is -2.20. The molecule has 3 rings (SSSR count). The molecule has 21 heavy (non-hydrogen) atoms. The first kappa shape index (κ1) is 13.8. The fraction of sp³-hybridized carbons (Fsp3) is 0.0588. The molecule has 104 valence electrons. The zero-order valence-corrected chi connectivity index (χ0v) is 12.9. The smallest absolute Gasteiger partial charge is 0.336 e. The largest absolute Gasteiger partial charge is 0.478 e. The Morgan fingerprint density at radius 1 is 1.14 bits per heavy atom. The van der Waals surface area contributed by atoms with E-state index in [1.807, 2.05) is 43.3 Å². The molecule has 3 aromatic rings. The molecule has 4 heteroatoms. The summed E-state index contributed by atoms with van der Waals surface area (Å²) in [5.74, 6) is -0.940. The van der Waals surface area contributed by atoms with E-state index in [9.17, 15) is 9.90 Å². The standard InChI is InChI=1S/C17H12BrNO2/c1-10-9-14(11-5-7-12(18)8-6-11)16-13(17(20)21)3-2-4-15(16)19-10/h2-9H,1H3,(H,20,21). The molecular formula is C17H12BrNO2. The van der Waals surface area contributed by atoms with E-state index in [4.69, 9.17) is 0 Å². The van der Waals surface area contributed by atoms with Gasteiger partial charge in [0.05, 0.1) is 11.1 Å². The molecule has 0 aliphatic heterocycles. The Morgan fingerprint density at radius 3 is 2.52 bits per heavy atom. The number of hydrogen-bond acceptors (Lipinski definition) is 2. The SMILES string of the molecule is Cc1cc(-c2ccc(Br)cc2)c2c(C(=O)O)cccc2n1. The summed E-state index contributed by atoms with van der Waals surface area (Å²) in [5.41, 5.74) is 3.71. The number of hydrogen-bond donors (Lipinski definition) is 1. The quantitative estimate of drug-likeness (QED) is 0.736. The molecular weight excluding hydrogens is 330 g/mol. The van der Waals surface area contributed by atoms with E-state index >= 15 is 0 Å². The van der Waals surface area contributed by atoms with Crippen LogP contribution in [-0.2, 0) is 0 Å². The lowest BCUT2D eigenvalue weighted by Crippen LogP contribution is -2.00. The minimum Gasteiger partial charge on any atom is -0.478 e. The van der Waals surface area contributed by atoms with Crippen LogP contribution in [0.5, 0.6) is 0 Å². The maximum absolute atomic E-state index is 11.5. The van der Waals surface area contributed by atoms with Crippen LogP contribution in [0.15, 0.2) is 53.0 Å². The van der Waals surface area contributed by atoms with Crippen molar-refractivity contribution in [2.45, 2.75) is 6.92 Å². The minimum atomic E-state index is -0.940. The second-order valence-electron chi connectivity index (χ2n) is 4.82. The summed E-state index contributed by atoms with van der Waals surface area (Å²) in [6.45, 7) is 1.91. The van der Waals surface area contributed by atoms with Crippen LogP contribution in [0.1, 0.15) is 16.1 Å². The van der Waals surface area contributed by atoms with Gasteiger partial charge in [-0.1, -0.05) is 34.1 Å². The van der Waals surface area contributed by atoms with Gasteiger partial charge in [-0.15, -0.1) is 0 Å². The van der Waals surface area contributed by atoms with Gasteiger partial charge in [-0.25, -0.2) is 4.79 Å². The minimum absolute atomic E-state index is 0.276. The third kappa shape index (κ3) is 2.54. The van der Waals surface area contributed by atoms with Crippen LogP contribution in [0.3, 0.4) is 0 Å². The second kappa shape index (κ2) is 5.30. The van der Waals surface area contributed by atoms with Gasteiger partial charge in [0.1, 0.15) is 0 Å². The van der Waals surface area contributed by atoms with E-state index in [1.54, 1.807) is 12.1 Å². The maximum atomic E-state index is 11.5. The number of aromatic nitrogens is 1. The number of aryl methyl sites for hydroxylation is 1. The predicted octanol–water partition coefficient (Wildman–Crippen LogP) is 4.67. The van der Waals surface area contributed by atoms with Gasteiger partial charge in [-0.2, -0.15) is 0 Å². The van der Waals surface area contributed by atoms with E-state index in [0.29, 0.717) is 10.9 Å². The van der Waals surface area contributed by atoms with Crippen molar-refractivity contribution in [3.8, 4) is 11.1 Å². The second-order valence-corrected chi connectivity index (χ2v) is 5.74. The first-order chi connectivity index (χ1) is 10.1. The van der Waals surface area contributed by atoms with Crippen LogP contribution in [0.25, 0.3) is 22.0 Å². The molecule has 0 atom stereocenters. The summed E-state index contributed by atoms with van der Waals surface area (Å²) >= 11 is 3.41. The molecule has 0 radical (unpaired) electrons. The van der Waals surface area contributed by atoms with Gasteiger partial charge < -0.3 is 5.11 Å². The lowest BCUT2D eigenvalue weighted by Gasteiger charge is -2.11. The first-order valence-corrected chi connectivity index (χ1v) is 7.25. The summed E-state index contributed by atoms with van der Waals surface area (Å²) in [6, 6.07) is 14.9. The Labute approximate surface area is 130 Å². The summed E-state index contributed by atoms with van der Waals surface area (Å²) < 4.78 is 0.986. The third-order valence-electron chi connectivity index (χ3n) is 3.35. The molecule has 0 saturated carbocycles. The summed E-state index contributed by atoms with van der Waals surface area (Å²) in [5, 5.41) is 10.1. The summed E-state index contributed by atoms with van der Waals surface area (Å²) in [4.78, 5) is 16.0. The van der Waals surface area contributed by atoms with Crippen molar-refractivity contribution in [2.24, 2.45) is 0 Å². The number of halogens is 1. The monoisotopic (exact) mass is 341 g/mol. The highest BCUT2D eigenvalue weighted by Gasteiger charge is 2.14. The van der Waals surface area contributed by atoms with Crippen molar-refractivity contribution >= 4 is 32.8 Å². The van der Waals surface area contributed by atoms with Crippen LogP contribution in [-0.4, -0.2) is 16.1 Å². The van der Waals surface area contributed by atoms with Crippen molar-refractivity contribution in [3.05, 3.63) is 64.3 Å². The van der Waals surface area contributed by atoms with Gasteiger partial charge in [0.15, 0.2) is 0 Å². The number of aromatic carboxylic acids is 1. The molecule has 0 amide bonds. The van der Waals surface area contributed by atoms with E-state index in [2.05, 4.69) is 20.9 Å². The number of carboxylic acid groups (broad SMARTS) is 1. The molecule has 1 aromatic heterocycles. The van der Waals surface area contributed by atoms with E-state index < -0.39 is 5.97 Å². The zero-order chi connectivity index (χ0) is 15.0. The molecule has 0 spiro atoms. The molecule has 1 N–H and O–H groups in total. The lowest BCUT2D eigenvalue weighted by atomic mass is 9.96. The normalized spacial score (nSPS) is 10.8. The van der Waals surface area contributed by atoms with Gasteiger partial charge in [-0.05, 0) is 48.4 Å². The van der Waals surface area contributed by atoms with Gasteiger partial charge in [-0.3, -0.25) is 4.98 Å². The number of pyridine rings is 1. The molecule has 2 aromatic carbocycles. The number of nitrogens with zero attached hydrogens (tertiary/aromatic N) is 1. The lowest BCUT2D eigenvalue weighted by molar-refractivity contribution is 0.0699. The molecule has 0 aliphatic rings. The highest BCUT2D eigenvalue weighted by atomic mass is 79.9. The van der Waals surface area contributed by atoms with Gasteiger partial charge in [0.25, 0.3) is 0 Å². The topological polar surface area (TPSA) is 50.2 Å². The van der Waals surface area contributed by atoms with Crippen LogP contribution < -0.4 is 0 Å². The summed E-state index contributed by atoms with van der Waals surface area (Å²) in [7, 11) is 0. The van der Waals surface area contributed by atoms with Gasteiger partial charge in [0, 0.05) is 15.6 Å². The van der Waals surface area contributed by atoms with Gasteiger partial charge >= 0.3 is 5.97 Å². The zero-order valence-electron chi connectivity index (χ0n) is 11.3. The molecule has 0 saturated heterocycles. The summed E-state index contributed by atoms with van der Waals surface area (Å²) in [6.07, 6.45) is 0. The predicted molar refractivity (Wildman–Crippen MR) is 86.6 cm³/mol. The van der Waals surface area contributed by atoms with Crippen LogP contribution in [0, 0.1) is 6.92 Å². The molecule has 0 aliphatic carbocycles. The van der Waals surface area contributed by atoms with Crippen LogP contribution in [0.2, 0.25) is 0 Å². The average Bonchev–Trinajstić information content (AvgIpc) is 2.46. The number of carboxylic acids is 1. The molecule has 0 fully saturated rings. The highest BCUT2D eigenvalue weighted by Crippen LogP contribution is 2.32. The van der Waals surface area contributed by atoms with Crippen LogP contribution in [0.4, 0.5) is 0 Å². The van der Waals surface area contributed by atoms with Gasteiger partial charge in [0.2, 0.25) is 0 Å². The van der Waals surface area contributed by atoms with Crippen LogP contribution >= 0.6 is 15.9 Å². The van der Waals surface area contributed by atoms with Crippen molar-refractivity contribution in [1.82, 2.24) is 4.98 Å². The fourth-order valence-corrected chi connectivity index (χ4v) is 2.72. The number of benzene rings is 2. The fourth-order valence-electron chi connectivity index (χ4n) is 2.46. The highest BCUT2D eigenvalue weighted by molar-refractivity contribution is 9.10. The number of rotatable bonds is 2. The molecule has 1 heterocycles. The maximum Gasteiger partial charge on any atom is 0.336 e. The Balaban J connectivity index is 2.40. The first-order valence-electron chi connectivity index (χ1n) is 6.46.